The molecule has 1 fully saturated rings. The van der Waals surface area contributed by atoms with Crippen molar-refractivity contribution in [1.29, 1.82) is 0 Å². The number of nitrogens with one attached hydrogen (secondary N) is 1. The first-order valence-electron chi connectivity index (χ1n) is 9.51. The Morgan fingerprint density at radius 1 is 1.07 bits per heavy atom. The van der Waals surface area contributed by atoms with Crippen LogP contribution in [0, 0.1) is 6.92 Å². The highest BCUT2D eigenvalue weighted by Gasteiger charge is 2.26. The Labute approximate surface area is 166 Å². The minimum Gasteiger partial charge on any atom is -0.481 e. The molecule has 1 N–H and O–H groups in total. The fourth-order valence-corrected chi connectivity index (χ4v) is 4.69. The van der Waals surface area contributed by atoms with Crippen molar-refractivity contribution in [1.82, 2.24) is 4.31 Å². The Hall–Kier alpha value is -2.38. The van der Waals surface area contributed by atoms with Crippen LogP contribution in [0.15, 0.2) is 53.4 Å². The van der Waals surface area contributed by atoms with Crippen molar-refractivity contribution in [2.45, 2.75) is 44.1 Å². The maximum absolute atomic E-state index is 12.9. The molecule has 1 aliphatic rings. The molecule has 1 amide bonds. The molecule has 0 saturated carbocycles. The molecule has 7 heteroatoms. The number of piperidine rings is 1. The van der Waals surface area contributed by atoms with E-state index in [2.05, 4.69) is 5.32 Å². The number of rotatable bonds is 6. The van der Waals surface area contributed by atoms with E-state index in [1.54, 1.807) is 31.2 Å². The number of hydrogen-bond acceptors (Lipinski definition) is 4. The summed E-state index contributed by atoms with van der Waals surface area (Å²) < 4.78 is 33.0. The van der Waals surface area contributed by atoms with Crippen LogP contribution in [-0.2, 0) is 14.8 Å². The van der Waals surface area contributed by atoms with E-state index < -0.39 is 16.1 Å². The second-order valence-electron chi connectivity index (χ2n) is 7.00. The molecule has 0 radical (unpaired) electrons. The van der Waals surface area contributed by atoms with Crippen LogP contribution in [-0.4, -0.2) is 37.8 Å². The van der Waals surface area contributed by atoms with Crippen LogP contribution in [0.3, 0.4) is 0 Å². The lowest BCUT2D eigenvalue weighted by Gasteiger charge is -2.26. The van der Waals surface area contributed by atoms with Crippen molar-refractivity contribution in [3.05, 3.63) is 54.1 Å². The number of amides is 1. The summed E-state index contributed by atoms with van der Waals surface area (Å²) in [6, 6.07) is 13.9. The van der Waals surface area contributed by atoms with E-state index >= 15 is 0 Å². The van der Waals surface area contributed by atoms with Gasteiger partial charge in [-0.15, -0.1) is 0 Å². The van der Waals surface area contributed by atoms with Gasteiger partial charge in [0.25, 0.3) is 5.91 Å². The number of carbonyl (C=O) groups excluding carboxylic acids is 1. The fourth-order valence-electron chi connectivity index (χ4n) is 3.14. The highest BCUT2D eigenvalue weighted by Crippen LogP contribution is 2.25. The lowest BCUT2D eigenvalue weighted by atomic mass is 10.2. The third-order valence-electron chi connectivity index (χ3n) is 4.85. The van der Waals surface area contributed by atoms with Crippen LogP contribution >= 0.6 is 0 Å². The van der Waals surface area contributed by atoms with E-state index in [1.165, 1.54) is 10.4 Å². The Balaban J connectivity index is 1.75. The molecule has 2 aromatic rings. The molecule has 0 aliphatic carbocycles. The van der Waals surface area contributed by atoms with Crippen LogP contribution in [0.1, 0.15) is 31.7 Å². The number of nitrogens with zero attached hydrogens (tertiary/aromatic N) is 1. The Morgan fingerprint density at radius 3 is 2.43 bits per heavy atom. The summed E-state index contributed by atoms with van der Waals surface area (Å²) in [5, 5.41) is 2.80. The Morgan fingerprint density at radius 2 is 1.75 bits per heavy atom. The normalized spacial score (nSPS) is 16.4. The average Bonchev–Trinajstić information content (AvgIpc) is 2.71. The third-order valence-corrected chi connectivity index (χ3v) is 6.74. The van der Waals surface area contributed by atoms with Crippen LogP contribution in [0.4, 0.5) is 5.69 Å². The molecule has 1 aliphatic heterocycles. The van der Waals surface area contributed by atoms with Gasteiger partial charge >= 0.3 is 0 Å². The minimum absolute atomic E-state index is 0.201. The molecule has 2 aromatic carbocycles. The van der Waals surface area contributed by atoms with Gasteiger partial charge in [-0.05, 0) is 56.5 Å². The lowest BCUT2D eigenvalue weighted by molar-refractivity contribution is -0.122. The van der Waals surface area contributed by atoms with Crippen molar-refractivity contribution in [3.63, 3.8) is 0 Å². The van der Waals surface area contributed by atoms with Crippen molar-refractivity contribution in [2.24, 2.45) is 0 Å². The predicted octanol–water partition coefficient (Wildman–Crippen LogP) is 3.58. The molecule has 150 valence electrons. The van der Waals surface area contributed by atoms with Gasteiger partial charge in [0, 0.05) is 18.8 Å². The lowest BCUT2D eigenvalue weighted by Crippen LogP contribution is -2.35. The summed E-state index contributed by atoms with van der Waals surface area (Å²) in [5.74, 6) is 0.266. The van der Waals surface area contributed by atoms with E-state index in [9.17, 15) is 13.2 Å². The van der Waals surface area contributed by atoms with Crippen molar-refractivity contribution < 1.29 is 17.9 Å². The zero-order valence-corrected chi connectivity index (χ0v) is 17.0. The van der Waals surface area contributed by atoms with Gasteiger partial charge in [-0.2, -0.15) is 4.31 Å². The van der Waals surface area contributed by atoms with Gasteiger partial charge in [-0.3, -0.25) is 4.79 Å². The van der Waals surface area contributed by atoms with Crippen LogP contribution in [0.25, 0.3) is 0 Å². The molecule has 0 bridgehead atoms. The van der Waals surface area contributed by atoms with Crippen molar-refractivity contribution in [3.8, 4) is 5.75 Å². The number of hydrogen-bond donors (Lipinski definition) is 1. The van der Waals surface area contributed by atoms with Gasteiger partial charge in [0.15, 0.2) is 6.10 Å². The zero-order valence-electron chi connectivity index (χ0n) is 16.2. The summed E-state index contributed by atoms with van der Waals surface area (Å²) in [7, 11) is -3.56. The molecular weight excluding hydrogens is 376 g/mol. The Kier molecular flexibility index (Phi) is 6.36. The number of sulfonamides is 1. The second kappa shape index (κ2) is 8.75. The number of aryl methyl sites for hydroxylation is 1. The second-order valence-corrected chi connectivity index (χ2v) is 8.94. The predicted molar refractivity (Wildman–Crippen MR) is 109 cm³/mol. The minimum atomic E-state index is -3.56. The van der Waals surface area contributed by atoms with E-state index in [0.717, 1.165) is 24.8 Å². The molecule has 0 aromatic heterocycles. The number of para-hydroxylation sites is 1. The van der Waals surface area contributed by atoms with Gasteiger partial charge in [0.1, 0.15) is 5.75 Å². The molecule has 0 spiro atoms. The van der Waals surface area contributed by atoms with Crippen LogP contribution < -0.4 is 10.1 Å². The monoisotopic (exact) mass is 402 g/mol. The quantitative estimate of drug-likeness (QED) is 0.801. The molecule has 28 heavy (non-hydrogen) atoms. The average molecular weight is 403 g/mol. The molecule has 6 nitrogen and oxygen atoms in total. The molecular formula is C21H26N2O4S. The van der Waals surface area contributed by atoms with E-state index in [0.29, 0.717) is 24.5 Å². The number of ether oxygens (including phenoxy) is 1. The summed E-state index contributed by atoms with van der Waals surface area (Å²) in [6.07, 6.45) is 2.09. The first-order chi connectivity index (χ1) is 13.4. The van der Waals surface area contributed by atoms with Gasteiger partial charge in [0.2, 0.25) is 10.0 Å². The fraction of sp³-hybridized carbons (Fsp3) is 0.381. The third kappa shape index (κ3) is 4.72. The van der Waals surface area contributed by atoms with Crippen LogP contribution in [0.5, 0.6) is 5.75 Å². The van der Waals surface area contributed by atoms with E-state index in [1.807, 2.05) is 25.1 Å². The largest absolute Gasteiger partial charge is 0.481 e. The number of anilines is 1. The van der Waals surface area contributed by atoms with Gasteiger partial charge < -0.3 is 10.1 Å². The van der Waals surface area contributed by atoms with Gasteiger partial charge in [0.05, 0.1) is 4.90 Å². The summed E-state index contributed by atoms with van der Waals surface area (Å²) in [6.45, 7) is 4.57. The summed E-state index contributed by atoms with van der Waals surface area (Å²) in [4.78, 5) is 12.7. The van der Waals surface area contributed by atoms with Gasteiger partial charge in [-0.1, -0.05) is 30.7 Å². The van der Waals surface area contributed by atoms with E-state index in [4.69, 9.17) is 4.74 Å². The smallest absolute Gasteiger partial charge is 0.265 e. The zero-order chi connectivity index (χ0) is 20.1. The van der Waals surface area contributed by atoms with Crippen LogP contribution in [0.2, 0.25) is 0 Å². The maximum atomic E-state index is 12.9. The van der Waals surface area contributed by atoms with E-state index in [-0.39, 0.29) is 10.8 Å². The summed E-state index contributed by atoms with van der Waals surface area (Å²) >= 11 is 0. The van der Waals surface area contributed by atoms with Crippen molar-refractivity contribution >= 4 is 21.6 Å². The summed E-state index contributed by atoms with van der Waals surface area (Å²) in [5.41, 5.74) is 1.27. The first kappa shape index (κ1) is 20.4. The number of carbonyl (C=O) groups is 1. The highest BCUT2D eigenvalue weighted by molar-refractivity contribution is 7.89. The standard InChI is InChI=1S/C21H26N2O4S/c1-16-11-12-19(28(25,26)23-13-7-4-8-14-23)15-20(16)22-21(24)17(2)27-18-9-5-3-6-10-18/h3,5-6,9-12,15,17H,4,7-8,13-14H2,1-2H3,(H,22,24)/t17-/m1/s1. The Bertz CT molecular complexity index is 923. The number of benzene rings is 2. The SMILES string of the molecule is Cc1ccc(S(=O)(=O)N2CCCCC2)cc1NC(=O)[C@@H](C)Oc1ccccc1. The van der Waals surface area contributed by atoms with Crippen molar-refractivity contribution in [2.75, 3.05) is 18.4 Å². The topological polar surface area (TPSA) is 75.7 Å². The molecule has 3 rings (SSSR count). The molecule has 1 saturated heterocycles. The van der Waals surface area contributed by atoms with Gasteiger partial charge in [-0.25, -0.2) is 8.42 Å². The molecule has 1 atom stereocenters. The first-order valence-corrected chi connectivity index (χ1v) is 11.0. The molecule has 0 unspecified atom stereocenters. The highest BCUT2D eigenvalue weighted by atomic mass is 32.2. The molecule has 1 heterocycles. The maximum Gasteiger partial charge on any atom is 0.265 e.